The second-order valence-electron chi connectivity index (χ2n) is 14.3. The van der Waals surface area contributed by atoms with E-state index in [0.29, 0.717) is 30.8 Å². The molecule has 0 aromatic heterocycles. The predicted molar refractivity (Wildman–Crippen MR) is 187 cm³/mol. The monoisotopic (exact) mass is 608 g/mol. The average molecular weight is 609 g/mol. The summed E-state index contributed by atoms with van der Waals surface area (Å²) in [6, 6.07) is 16.3. The van der Waals surface area contributed by atoms with E-state index >= 15 is 0 Å². The summed E-state index contributed by atoms with van der Waals surface area (Å²) in [6.45, 7) is 20.8. The van der Waals surface area contributed by atoms with E-state index in [4.69, 9.17) is 0 Å². The molecule has 0 heterocycles. The normalized spacial score (nSPS) is 11.9. The molecule has 4 aromatic rings. The fourth-order valence-corrected chi connectivity index (χ4v) is 6.51. The zero-order chi connectivity index (χ0) is 33.3. The Balaban J connectivity index is 1.71. The van der Waals surface area contributed by atoms with Gasteiger partial charge in [0, 0.05) is 19.3 Å². The van der Waals surface area contributed by atoms with Gasteiger partial charge in [0.15, 0.2) is 0 Å². The third-order valence-corrected chi connectivity index (χ3v) is 8.94. The van der Waals surface area contributed by atoms with Crippen molar-refractivity contribution >= 4 is 0 Å². The smallest absolute Gasteiger partial charge is 0.122 e. The van der Waals surface area contributed by atoms with Gasteiger partial charge in [-0.15, -0.1) is 0 Å². The van der Waals surface area contributed by atoms with Crippen molar-refractivity contribution in [1.29, 1.82) is 0 Å². The molecule has 4 nitrogen and oxygen atoms in total. The molecule has 45 heavy (non-hydrogen) atoms. The van der Waals surface area contributed by atoms with Crippen LogP contribution in [-0.4, -0.2) is 20.4 Å². The lowest BCUT2D eigenvalue weighted by Crippen LogP contribution is -2.02. The first-order chi connectivity index (χ1) is 21.1. The minimum absolute atomic E-state index is 0.179. The maximum atomic E-state index is 11.5. The summed E-state index contributed by atoms with van der Waals surface area (Å²) in [7, 11) is 0. The Labute approximate surface area is 270 Å². The number of hydrogen-bond acceptors (Lipinski definition) is 4. The van der Waals surface area contributed by atoms with Gasteiger partial charge < -0.3 is 20.4 Å². The molecule has 0 spiro atoms. The highest BCUT2D eigenvalue weighted by molar-refractivity contribution is 5.55. The number of phenols is 4. The maximum absolute atomic E-state index is 11.5. The second-order valence-corrected chi connectivity index (χ2v) is 14.3. The third kappa shape index (κ3) is 7.49. The SMILES string of the molecule is Cc1cc(Cc2cc(C(C)C)c(O)c(C(C)C)c2)c(O)c(Cc2cc(C)cc(Cc3cc(C(C)C)c(O)c(C(C)C)c3)c2O)c1. The van der Waals surface area contributed by atoms with Gasteiger partial charge >= 0.3 is 0 Å². The van der Waals surface area contributed by atoms with Gasteiger partial charge in [-0.1, -0.05) is 115 Å². The third-order valence-electron chi connectivity index (χ3n) is 8.94. The van der Waals surface area contributed by atoms with Gasteiger partial charge in [-0.2, -0.15) is 0 Å². The Hall–Kier alpha value is -3.92. The average Bonchev–Trinajstić information content (AvgIpc) is 2.94. The summed E-state index contributed by atoms with van der Waals surface area (Å²) < 4.78 is 0. The summed E-state index contributed by atoms with van der Waals surface area (Å²) in [5, 5.41) is 44.9. The van der Waals surface area contributed by atoms with Gasteiger partial charge in [-0.05, 0) is 93.2 Å². The first-order valence-electron chi connectivity index (χ1n) is 16.4. The standard InChI is InChI=1S/C41H52O4/c1-22(2)34-17-28(18-35(23(3)4)40(34)44)15-30-11-26(9)13-32(38(30)42)21-33-14-27(10)12-31(39(33)43)16-29-19-36(24(5)6)41(45)37(20-29)25(7)8/h11-14,17-20,22-25,42-45H,15-16,21H2,1-10H3. The Morgan fingerprint density at radius 2 is 0.622 bits per heavy atom. The van der Waals surface area contributed by atoms with Crippen LogP contribution in [0.2, 0.25) is 0 Å². The van der Waals surface area contributed by atoms with Gasteiger partial charge in [0.25, 0.3) is 0 Å². The zero-order valence-corrected chi connectivity index (χ0v) is 28.8. The lowest BCUT2D eigenvalue weighted by molar-refractivity contribution is 0.453. The topological polar surface area (TPSA) is 80.9 Å². The van der Waals surface area contributed by atoms with Crippen molar-refractivity contribution in [2.24, 2.45) is 0 Å². The van der Waals surface area contributed by atoms with E-state index in [9.17, 15) is 20.4 Å². The quantitative estimate of drug-likeness (QED) is 0.144. The van der Waals surface area contributed by atoms with Crippen molar-refractivity contribution in [2.45, 2.75) is 112 Å². The molecule has 4 aromatic carbocycles. The molecule has 0 radical (unpaired) electrons. The molecule has 4 N–H and O–H groups in total. The molecule has 0 aliphatic rings. The van der Waals surface area contributed by atoms with Crippen LogP contribution in [-0.2, 0) is 19.3 Å². The summed E-state index contributed by atoms with van der Waals surface area (Å²) >= 11 is 0. The largest absolute Gasteiger partial charge is 0.507 e. The van der Waals surface area contributed by atoms with E-state index in [1.807, 2.05) is 38.1 Å². The second kappa shape index (κ2) is 13.6. The number of rotatable bonds is 10. The number of phenolic OH excluding ortho intramolecular Hbond substituents is 4. The van der Waals surface area contributed by atoms with Crippen LogP contribution < -0.4 is 0 Å². The number of aromatic hydroxyl groups is 4. The molecule has 0 atom stereocenters. The Bertz CT molecular complexity index is 1510. The lowest BCUT2D eigenvalue weighted by atomic mass is 9.88. The van der Waals surface area contributed by atoms with E-state index in [2.05, 4.69) is 79.7 Å². The molecule has 0 bridgehead atoms. The van der Waals surface area contributed by atoms with Crippen molar-refractivity contribution in [1.82, 2.24) is 0 Å². The summed E-state index contributed by atoms with van der Waals surface area (Å²) in [5.41, 5.74) is 11.1. The molecule has 0 amide bonds. The summed E-state index contributed by atoms with van der Waals surface area (Å²) in [6.07, 6.45) is 1.49. The van der Waals surface area contributed by atoms with Crippen LogP contribution in [0, 0.1) is 13.8 Å². The molecular weight excluding hydrogens is 556 g/mol. The van der Waals surface area contributed by atoms with E-state index in [1.165, 1.54) is 0 Å². The van der Waals surface area contributed by atoms with Crippen molar-refractivity contribution in [3.05, 3.63) is 115 Å². The van der Waals surface area contributed by atoms with Crippen LogP contribution in [0.3, 0.4) is 0 Å². The first-order valence-corrected chi connectivity index (χ1v) is 16.4. The van der Waals surface area contributed by atoms with Crippen LogP contribution in [0.4, 0.5) is 0 Å². The highest BCUT2D eigenvalue weighted by atomic mass is 16.3. The zero-order valence-electron chi connectivity index (χ0n) is 28.8. The fourth-order valence-electron chi connectivity index (χ4n) is 6.51. The summed E-state index contributed by atoms with van der Waals surface area (Å²) in [5.74, 6) is 1.95. The van der Waals surface area contributed by atoms with Gasteiger partial charge in [0.1, 0.15) is 23.0 Å². The minimum atomic E-state index is 0.179. The molecule has 240 valence electrons. The molecule has 0 unspecified atom stereocenters. The Kier molecular flexibility index (Phi) is 10.3. The lowest BCUT2D eigenvalue weighted by Gasteiger charge is -2.19. The maximum Gasteiger partial charge on any atom is 0.122 e. The molecule has 0 saturated carbocycles. The van der Waals surface area contributed by atoms with Crippen molar-refractivity contribution < 1.29 is 20.4 Å². The van der Waals surface area contributed by atoms with Gasteiger partial charge in [-0.3, -0.25) is 0 Å². The van der Waals surface area contributed by atoms with E-state index in [-0.39, 0.29) is 35.2 Å². The minimum Gasteiger partial charge on any atom is -0.507 e. The van der Waals surface area contributed by atoms with Crippen LogP contribution in [0.1, 0.15) is 146 Å². The van der Waals surface area contributed by atoms with Crippen molar-refractivity contribution in [2.75, 3.05) is 0 Å². The van der Waals surface area contributed by atoms with Crippen LogP contribution >= 0.6 is 0 Å². The van der Waals surface area contributed by atoms with Crippen LogP contribution in [0.5, 0.6) is 23.0 Å². The first kappa shape index (κ1) is 34.0. The Morgan fingerprint density at radius 1 is 0.378 bits per heavy atom. The molecule has 0 aliphatic heterocycles. The van der Waals surface area contributed by atoms with Gasteiger partial charge in [-0.25, -0.2) is 0 Å². The molecule has 0 saturated heterocycles. The molecule has 4 heteroatoms. The number of benzene rings is 4. The van der Waals surface area contributed by atoms with E-state index in [1.54, 1.807) is 0 Å². The van der Waals surface area contributed by atoms with Crippen LogP contribution in [0.15, 0.2) is 48.5 Å². The summed E-state index contributed by atoms with van der Waals surface area (Å²) in [4.78, 5) is 0. The predicted octanol–water partition coefficient (Wildman–Crippen LogP) is 10.4. The van der Waals surface area contributed by atoms with Crippen molar-refractivity contribution in [3.63, 3.8) is 0 Å². The van der Waals surface area contributed by atoms with E-state index < -0.39 is 0 Å². The van der Waals surface area contributed by atoms with Gasteiger partial charge in [0.05, 0.1) is 0 Å². The molecule has 0 aliphatic carbocycles. The van der Waals surface area contributed by atoms with Gasteiger partial charge in [0.2, 0.25) is 0 Å². The fraction of sp³-hybridized carbons (Fsp3) is 0.415. The highest BCUT2D eigenvalue weighted by Crippen LogP contribution is 2.39. The number of aryl methyl sites for hydroxylation is 2. The molecular formula is C41H52O4. The van der Waals surface area contributed by atoms with Crippen molar-refractivity contribution in [3.8, 4) is 23.0 Å². The number of hydrogen-bond donors (Lipinski definition) is 4. The van der Waals surface area contributed by atoms with Crippen LogP contribution in [0.25, 0.3) is 0 Å². The molecule has 0 fully saturated rings. The highest BCUT2D eigenvalue weighted by Gasteiger charge is 2.20. The molecule has 4 rings (SSSR count). The van der Waals surface area contributed by atoms with E-state index in [0.717, 1.165) is 66.8 Å². The Morgan fingerprint density at radius 3 is 0.867 bits per heavy atom.